The number of hydrogen-bond acceptors (Lipinski definition) is 6. The van der Waals surface area contributed by atoms with Gasteiger partial charge in [-0.25, -0.2) is 15.4 Å². The largest absolute Gasteiger partial charge is 0.392 e. The van der Waals surface area contributed by atoms with E-state index in [0.717, 1.165) is 34.4 Å². The number of benzene rings is 1. The number of hydrogen-bond donors (Lipinski definition) is 4. The van der Waals surface area contributed by atoms with E-state index in [4.69, 9.17) is 16.1 Å². The molecule has 2 heterocycles. The monoisotopic (exact) mass is 407 g/mol. The third-order valence-corrected chi connectivity index (χ3v) is 4.47. The Hall–Kier alpha value is -3.48. The number of hydrazone groups is 1. The molecule has 30 heavy (non-hydrogen) atoms. The molecule has 1 aromatic carbocycles. The average Bonchev–Trinajstić information content (AvgIpc) is 3.06. The van der Waals surface area contributed by atoms with Crippen LogP contribution in [0, 0.1) is 16.7 Å². The van der Waals surface area contributed by atoms with Crippen LogP contribution in [0.4, 0.5) is 0 Å². The number of amidine groups is 1. The fourth-order valence-electron chi connectivity index (χ4n) is 3.08. The summed E-state index contributed by atoms with van der Waals surface area (Å²) < 4.78 is 2.12. The Morgan fingerprint density at radius 3 is 2.70 bits per heavy atom. The fourth-order valence-corrected chi connectivity index (χ4v) is 3.08. The van der Waals surface area contributed by atoms with Crippen LogP contribution in [-0.2, 0) is 19.7 Å². The molecule has 0 bridgehead atoms. The number of quaternary nitrogens is 1. The molecule has 0 aliphatic carbocycles. The van der Waals surface area contributed by atoms with E-state index in [1.807, 2.05) is 41.8 Å². The molecule has 0 saturated heterocycles. The van der Waals surface area contributed by atoms with Crippen LogP contribution in [-0.4, -0.2) is 25.5 Å². The lowest BCUT2D eigenvalue weighted by molar-refractivity contribution is -0.727. The molecule has 0 aliphatic heterocycles. The fraction of sp³-hybridized carbons (Fsp3) is 0.333. The van der Waals surface area contributed by atoms with Crippen molar-refractivity contribution in [3.05, 3.63) is 59.2 Å². The summed E-state index contributed by atoms with van der Waals surface area (Å²) in [6, 6.07) is 11.3. The molecule has 9 nitrogen and oxygen atoms in total. The second kappa shape index (κ2) is 8.90. The molecular weight excluding hydrogens is 380 g/mol. The molecule has 156 valence electrons. The highest BCUT2D eigenvalue weighted by Gasteiger charge is 2.19. The van der Waals surface area contributed by atoms with E-state index in [0.29, 0.717) is 12.4 Å². The van der Waals surface area contributed by atoms with Gasteiger partial charge in [0.1, 0.15) is 18.3 Å². The summed E-state index contributed by atoms with van der Waals surface area (Å²) >= 11 is 0. The molecule has 0 radical (unpaired) electrons. The number of nitriles is 1. The molecular formula is C21H27N8O+. The van der Waals surface area contributed by atoms with Crippen LogP contribution < -0.4 is 16.7 Å². The maximum absolute atomic E-state index is 9.14. The molecule has 0 amide bonds. The average molecular weight is 408 g/mol. The van der Waals surface area contributed by atoms with Crippen molar-refractivity contribution >= 4 is 16.9 Å². The molecule has 2 aromatic heterocycles. The summed E-state index contributed by atoms with van der Waals surface area (Å²) in [5.74, 6) is 0.518. The summed E-state index contributed by atoms with van der Waals surface area (Å²) in [5.41, 5.74) is 14.2. The molecule has 0 unspecified atom stereocenters. The number of nitrogens with zero attached hydrogens (tertiary/aromatic N) is 5. The molecule has 0 saturated carbocycles. The molecule has 0 spiro atoms. The Morgan fingerprint density at radius 1 is 1.33 bits per heavy atom. The number of rotatable bonds is 7. The van der Waals surface area contributed by atoms with E-state index >= 15 is 0 Å². The van der Waals surface area contributed by atoms with Gasteiger partial charge in [-0.1, -0.05) is 45.0 Å². The van der Waals surface area contributed by atoms with Crippen LogP contribution in [0.25, 0.3) is 11.0 Å². The van der Waals surface area contributed by atoms with Crippen molar-refractivity contribution in [2.45, 2.75) is 40.5 Å². The smallest absolute Gasteiger partial charge is 0.234 e. The first-order chi connectivity index (χ1) is 14.3. The first-order valence-electron chi connectivity index (χ1n) is 9.66. The second-order valence-electron chi connectivity index (χ2n) is 8.26. The standard InChI is InChI=1S/C21H26N8O/c1-21(2,3)13-29-17(8-16-10-24-18(9-22)26-20(16)29)11-25-28-27-19(23)15-6-4-14(12-30)5-7-15/h4-8,10,25,28,30H,11-13H2,1-3H3,(H2,23,27)/p+1. The highest BCUT2D eigenvalue weighted by atomic mass is 16.3. The van der Waals surface area contributed by atoms with Crippen molar-refractivity contribution in [3.8, 4) is 6.07 Å². The molecule has 3 rings (SSSR count). The Kier molecular flexibility index (Phi) is 6.30. The van der Waals surface area contributed by atoms with Crippen molar-refractivity contribution in [2.24, 2.45) is 16.3 Å². The van der Waals surface area contributed by atoms with Crippen molar-refractivity contribution in [1.29, 1.82) is 5.26 Å². The Balaban J connectivity index is 1.74. The summed E-state index contributed by atoms with van der Waals surface area (Å²) in [5, 5.41) is 23.3. The number of aliphatic hydroxyl groups excluding tert-OH is 1. The minimum Gasteiger partial charge on any atom is -0.392 e. The first kappa shape index (κ1) is 21.2. The highest BCUT2D eigenvalue weighted by molar-refractivity contribution is 5.97. The van der Waals surface area contributed by atoms with Gasteiger partial charge in [0.2, 0.25) is 5.82 Å². The van der Waals surface area contributed by atoms with Gasteiger partial charge in [-0.05, 0) is 17.0 Å². The van der Waals surface area contributed by atoms with E-state index in [9.17, 15) is 0 Å². The van der Waals surface area contributed by atoms with Gasteiger partial charge < -0.3 is 15.4 Å². The van der Waals surface area contributed by atoms with Gasteiger partial charge in [-0.2, -0.15) is 10.8 Å². The second-order valence-corrected chi connectivity index (χ2v) is 8.26. The van der Waals surface area contributed by atoms with Gasteiger partial charge in [-0.15, -0.1) is 5.10 Å². The van der Waals surface area contributed by atoms with Crippen LogP contribution in [0.15, 0.2) is 41.6 Å². The zero-order valence-corrected chi connectivity index (χ0v) is 17.4. The number of aliphatic hydroxyl groups is 1. The van der Waals surface area contributed by atoms with Gasteiger partial charge in [-0.3, -0.25) is 0 Å². The van der Waals surface area contributed by atoms with Gasteiger partial charge >= 0.3 is 0 Å². The van der Waals surface area contributed by atoms with Crippen LogP contribution in [0.2, 0.25) is 0 Å². The summed E-state index contributed by atoms with van der Waals surface area (Å²) in [6.45, 7) is 7.81. The Labute approximate surface area is 175 Å². The Bertz CT molecular complexity index is 1090. The van der Waals surface area contributed by atoms with Crippen LogP contribution >= 0.6 is 0 Å². The summed E-state index contributed by atoms with van der Waals surface area (Å²) in [4.78, 5) is 8.48. The van der Waals surface area contributed by atoms with Gasteiger partial charge in [0.25, 0.3) is 0 Å². The normalized spacial score (nSPS) is 12.2. The maximum Gasteiger partial charge on any atom is 0.234 e. The van der Waals surface area contributed by atoms with Crippen LogP contribution in [0.3, 0.4) is 0 Å². The van der Waals surface area contributed by atoms with Gasteiger partial charge in [0.05, 0.1) is 12.3 Å². The van der Waals surface area contributed by atoms with E-state index in [1.54, 1.807) is 6.20 Å². The number of fused-ring (bicyclic) bond motifs is 1. The lowest BCUT2D eigenvalue weighted by Crippen LogP contribution is -2.90. The molecule has 3 aromatic rings. The van der Waals surface area contributed by atoms with Crippen molar-refractivity contribution in [3.63, 3.8) is 0 Å². The number of nitrogens with two attached hydrogens (primary N) is 2. The minimum absolute atomic E-state index is 0.00778. The van der Waals surface area contributed by atoms with Crippen LogP contribution in [0.1, 0.15) is 43.4 Å². The van der Waals surface area contributed by atoms with Gasteiger partial charge in [0, 0.05) is 23.7 Å². The predicted octanol–water partition coefficient (Wildman–Crippen LogP) is 0.730. The number of nitrogens with one attached hydrogen (secondary N) is 1. The zero-order valence-electron chi connectivity index (χ0n) is 17.4. The summed E-state index contributed by atoms with van der Waals surface area (Å²) in [7, 11) is 0. The number of aromatic nitrogens is 3. The summed E-state index contributed by atoms with van der Waals surface area (Å²) in [6.07, 6.45) is 1.68. The minimum atomic E-state index is -0.00778. The third-order valence-electron chi connectivity index (χ3n) is 4.47. The van der Waals surface area contributed by atoms with E-state index in [2.05, 4.69) is 45.9 Å². The van der Waals surface area contributed by atoms with Crippen LogP contribution in [0.5, 0.6) is 0 Å². The third kappa shape index (κ3) is 5.11. The SMILES string of the molecule is CC(C)(C)Cn1c(C[NH2+]N/N=C(\N)c2ccc(CO)cc2)cc2cnc(C#N)nc21. The molecule has 0 atom stereocenters. The maximum atomic E-state index is 9.14. The van der Waals surface area contributed by atoms with Crippen molar-refractivity contribution in [2.75, 3.05) is 0 Å². The Morgan fingerprint density at radius 2 is 2.07 bits per heavy atom. The van der Waals surface area contributed by atoms with Crippen molar-refractivity contribution < 1.29 is 10.5 Å². The molecule has 6 N–H and O–H groups in total. The van der Waals surface area contributed by atoms with E-state index in [-0.39, 0.29) is 17.8 Å². The molecule has 0 aliphatic rings. The predicted molar refractivity (Wildman–Crippen MR) is 114 cm³/mol. The molecule has 9 heteroatoms. The highest BCUT2D eigenvalue weighted by Crippen LogP contribution is 2.23. The lowest BCUT2D eigenvalue weighted by Gasteiger charge is -2.21. The topological polar surface area (TPSA) is 142 Å². The quantitative estimate of drug-likeness (QED) is 0.150. The zero-order chi connectivity index (χ0) is 21.7. The lowest BCUT2D eigenvalue weighted by atomic mass is 9.97. The van der Waals surface area contributed by atoms with E-state index < -0.39 is 0 Å². The first-order valence-corrected chi connectivity index (χ1v) is 9.66. The van der Waals surface area contributed by atoms with Crippen molar-refractivity contribution in [1.82, 2.24) is 20.1 Å². The molecule has 0 fully saturated rings. The van der Waals surface area contributed by atoms with Gasteiger partial charge in [0.15, 0.2) is 5.84 Å². The van der Waals surface area contributed by atoms with E-state index in [1.165, 1.54) is 0 Å².